The van der Waals surface area contributed by atoms with Gasteiger partial charge in [-0.25, -0.2) is 4.79 Å². The molecule has 0 heterocycles. The van der Waals surface area contributed by atoms with Crippen molar-refractivity contribution < 1.29 is 24.5 Å². The highest BCUT2D eigenvalue weighted by atomic mass is 16.5. The van der Waals surface area contributed by atoms with Crippen LogP contribution in [0.5, 0.6) is 0 Å². The number of aliphatic hydroxyl groups is 2. The van der Waals surface area contributed by atoms with E-state index in [1.165, 1.54) is 25.3 Å². The van der Waals surface area contributed by atoms with Crippen molar-refractivity contribution in [2.75, 3.05) is 13.7 Å². The average Bonchev–Trinajstić information content (AvgIpc) is 2.54. The van der Waals surface area contributed by atoms with Crippen molar-refractivity contribution in [3.8, 4) is 0 Å². The minimum atomic E-state index is -0.706. The molecule has 0 aromatic heterocycles. The molecule has 1 aliphatic rings. The Bertz CT molecular complexity index is 511. The molecular weight excluding hydrogens is 300 g/mol. The van der Waals surface area contributed by atoms with Crippen molar-refractivity contribution in [2.45, 2.75) is 31.7 Å². The lowest BCUT2D eigenvalue weighted by molar-refractivity contribution is -0.144. The highest BCUT2D eigenvalue weighted by molar-refractivity contribution is 5.91. The quantitative estimate of drug-likeness (QED) is 0.303. The third-order valence-corrected chi connectivity index (χ3v) is 3.46. The lowest BCUT2D eigenvalue weighted by atomic mass is 9.98. The Morgan fingerprint density at radius 2 is 2.17 bits per heavy atom. The van der Waals surface area contributed by atoms with Crippen LogP contribution in [0, 0.1) is 5.92 Å². The van der Waals surface area contributed by atoms with Gasteiger partial charge in [0.15, 0.2) is 11.5 Å². The number of nitrogens with two attached hydrogens (primary N) is 1. The Morgan fingerprint density at radius 3 is 2.78 bits per heavy atom. The van der Waals surface area contributed by atoms with Crippen LogP contribution in [0.4, 0.5) is 0 Å². The fourth-order valence-corrected chi connectivity index (χ4v) is 2.16. The van der Waals surface area contributed by atoms with Gasteiger partial charge < -0.3 is 26.0 Å². The van der Waals surface area contributed by atoms with E-state index in [9.17, 15) is 19.8 Å². The fraction of sp³-hybridized carbons (Fsp3) is 0.500. The summed E-state index contributed by atoms with van der Waals surface area (Å²) in [5.41, 5.74) is 5.41. The third kappa shape index (κ3) is 6.56. The van der Waals surface area contributed by atoms with Crippen molar-refractivity contribution >= 4 is 11.9 Å². The first-order valence-corrected chi connectivity index (χ1v) is 7.54. The van der Waals surface area contributed by atoms with Gasteiger partial charge in [-0.15, -0.1) is 0 Å². The summed E-state index contributed by atoms with van der Waals surface area (Å²) in [5.74, 6) is -1.47. The average molecular weight is 324 g/mol. The molecule has 2 atom stereocenters. The summed E-state index contributed by atoms with van der Waals surface area (Å²) in [5, 5.41) is 21.3. The van der Waals surface area contributed by atoms with E-state index in [1.54, 1.807) is 6.08 Å². The number of carbonyl (C=O) groups excluding carboxylic acids is 2. The molecule has 0 saturated carbocycles. The maximum absolute atomic E-state index is 11.9. The van der Waals surface area contributed by atoms with E-state index in [4.69, 9.17) is 5.73 Å². The molecule has 1 aliphatic carbocycles. The molecule has 0 radical (unpaired) electrons. The van der Waals surface area contributed by atoms with Crippen LogP contribution in [-0.2, 0) is 14.3 Å². The zero-order chi connectivity index (χ0) is 17.2. The molecule has 0 aromatic rings. The van der Waals surface area contributed by atoms with Gasteiger partial charge in [-0.05, 0) is 50.5 Å². The zero-order valence-corrected chi connectivity index (χ0v) is 13.2. The van der Waals surface area contributed by atoms with Gasteiger partial charge in [-0.1, -0.05) is 6.08 Å². The first kappa shape index (κ1) is 18.8. The van der Waals surface area contributed by atoms with Crippen LogP contribution >= 0.6 is 0 Å². The summed E-state index contributed by atoms with van der Waals surface area (Å²) in [6.45, 7) is 0.527. The largest absolute Gasteiger partial charge is 0.504 e. The van der Waals surface area contributed by atoms with Gasteiger partial charge in [0.1, 0.15) is 6.04 Å². The summed E-state index contributed by atoms with van der Waals surface area (Å²) < 4.78 is 4.68. The van der Waals surface area contributed by atoms with Crippen LogP contribution in [0.1, 0.15) is 25.7 Å². The second-order valence-corrected chi connectivity index (χ2v) is 5.27. The number of rotatable bonds is 8. The van der Waals surface area contributed by atoms with Crippen molar-refractivity contribution in [3.05, 3.63) is 35.8 Å². The number of nitrogens with one attached hydrogen (secondary N) is 1. The number of methoxy groups -OCH3 is 1. The van der Waals surface area contributed by atoms with Gasteiger partial charge in [-0.3, -0.25) is 4.79 Å². The lowest BCUT2D eigenvalue weighted by Crippen LogP contribution is -2.40. The molecule has 0 fully saturated rings. The highest BCUT2D eigenvalue weighted by Crippen LogP contribution is 2.20. The van der Waals surface area contributed by atoms with E-state index < -0.39 is 17.9 Å². The molecule has 7 heteroatoms. The van der Waals surface area contributed by atoms with Gasteiger partial charge in [0.05, 0.1) is 7.11 Å². The van der Waals surface area contributed by atoms with E-state index >= 15 is 0 Å². The second-order valence-electron chi connectivity index (χ2n) is 5.27. The van der Waals surface area contributed by atoms with Crippen LogP contribution in [0.2, 0.25) is 0 Å². The predicted molar refractivity (Wildman–Crippen MR) is 85.5 cm³/mol. The molecular formula is C16H24N2O5. The van der Waals surface area contributed by atoms with Gasteiger partial charge in [0, 0.05) is 5.92 Å². The molecule has 0 aromatic carbocycles. The van der Waals surface area contributed by atoms with Crippen LogP contribution in [0.25, 0.3) is 0 Å². The first-order valence-electron chi connectivity index (χ1n) is 7.54. The standard InChI is InChI=1S/C16H24N2O5/c1-23-16(22)12(4-2-3-9-17)18-15(21)8-6-11-5-7-13(19)14(20)10-11/h6-8,10-12,19-20H,2-5,9,17H2,1H3,(H,18,21)/b8-6+/t11?,12-/m0/s1. The van der Waals surface area contributed by atoms with Crippen molar-refractivity contribution in [3.63, 3.8) is 0 Å². The lowest BCUT2D eigenvalue weighted by Gasteiger charge is -2.15. The van der Waals surface area contributed by atoms with Crippen LogP contribution in [-0.4, -0.2) is 41.8 Å². The molecule has 7 nitrogen and oxygen atoms in total. The number of esters is 1. The Labute approximate surface area is 135 Å². The van der Waals surface area contributed by atoms with E-state index in [0.29, 0.717) is 25.8 Å². The molecule has 0 saturated heterocycles. The van der Waals surface area contributed by atoms with E-state index in [1.807, 2.05) is 0 Å². The summed E-state index contributed by atoms with van der Waals surface area (Å²) in [4.78, 5) is 23.6. The number of hydrogen-bond acceptors (Lipinski definition) is 6. The number of ether oxygens (including phenoxy) is 1. The Balaban J connectivity index is 2.54. The van der Waals surface area contributed by atoms with Gasteiger partial charge in [0.25, 0.3) is 0 Å². The van der Waals surface area contributed by atoms with E-state index in [-0.39, 0.29) is 17.4 Å². The first-order chi connectivity index (χ1) is 11.0. The van der Waals surface area contributed by atoms with E-state index in [2.05, 4.69) is 10.1 Å². The topological polar surface area (TPSA) is 122 Å². The van der Waals surface area contributed by atoms with E-state index in [0.717, 1.165) is 6.42 Å². The summed E-state index contributed by atoms with van der Waals surface area (Å²) in [6.07, 6.45) is 8.27. The van der Waals surface area contributed by atoms with Crippen LogP contribution < -0.4 is 11.1 Å². The van der Waals surface area contributed by atoms with Crippen molar-refractivity contribution in [1.82, 2.24) is 5.32 Å². The molecule has 5 N–H and O–H groups in total. The maximum Gasteiger partial charge on any atom is 0.328 e. The minimum Gasteiger partial charge on any atom is -0.504 e. The number of carbonyl (C=O) groups is 2. The summed E-state index contributed by atoms with van der Waals surface area (Å²) in [7, 11) is 1.27. The number of aliphatic hydroxyl groups excluding tert-OH is 2. The second kappa shape index (κ2) is 9.68. The molecule has 1 rings (SSSR count). The highest BCUT2D eigenvalue weighted by Gasteiger charge is 2.20. The number of hydrogen-bond donors (Lipinski definition) is 4. The molecule has 0 aliphatic heterocycles. The monoisotopic (exact) mass is 324 g/mol. The number of allylic oxidation sites excluding steroid dienone is 3. The maximum atomic E-state index is 11.9. The smallest absolute Gasteiger partial charge is 0.328 e. The van der Waals surface area contributed by atoms with Crippen LogP contribution in [0.15, 0.2) is 35.8 Å². The molecule has 23 heavy (non-hydrogen) atoms. The summed E-state index contributed by atoms with van der Waals surface area (Å²) in [6, 6.07) is -0.706. The van der Waals surface area contributed by atoms with Gasteiger partial charge in [0.2, 0.25) is 5.91 Å². The Kier molecular flexibility index (Phi) is 7.90. The molecule has 0 bridgehead atoms. The zero-order valence-electron chi connectivity index (χ0n) is 13.2. The Morgan fingerprint density at radius 1 is 1.43 bits per heavy atom. The number of amides is 1. The molecule has 1 unspecified atom stereocenters. The molecule has 128 valence electrons. The minimum absolute atomic E-state index is 0.162. The van der Waals surface area contributed by atoms with Crippen molar-refractivity contribution in [2.24, 2.45) is 11.7 Å². The van der Waals surface area contributed by atoms with Crippen LogP contribution in [0.3, 0.4) is 0 Å². The van der Waals surface area contributed by atoms with Gasteiger partial charge in [-0.2, -0.15) is 0 Å². The normalized spacial score (nSPS) is 19.0. The summed E-state index contributed by atoms with van der Waals surface area (Å²) >= 11 is 0. The Hall–Kier alpha value is -2.28. The third-order valence-electron chi connectivity index (χ3n) is 3.46. The number of unbranched alkanes of at least 4 members (excludes halogenated alkanes) is 1. The van der Waals surface area contributed by atoms with Gasteiger partial charge >= 0.3 is 5.97 Å². The molecule has 1 amide bonds. The fourth-order valence-electron chi connectivity index (χ4n) is 2.16. The predicted octanol–water partition coefficient (Wildman–Crippen LogP) is 1.23. The molecule has 0 spiro atoms. The van der Waals surface area contributed by atoms with Crippen molar-refractivity contribution in [1.29, 1.82) is 0 Å². The SMILES string of the molecule is COC(=O)[C@H](CCCCN)NC(=O)/C=C/C1C=C(O)C(O)=CC1.